The molecule has 11 N–H and O–H groups in total. The first-order valence-electron chi connectivity index (χ1n) is 39.6. The lowest BCUT2D eigenvalue weighted by atomic mass is 10.1. The molecule has 5 heterocycles. The van der Waals surface area contributed by atoms with Crippen LogP contribution in [-0.2, 0) is 38.6 Å². The number of nitrogens with one attached hydrogen (secondary N) is 5. The summed E-state index contributed by atoms with van der Waals surface area (Å²) in [6, 6.07) is 68.0. The van der Waals surface area contributed by atoms with E-state index in [2.05, 4.69) is 46.5 Å². The maximum Gasteiger partial charge on any atom is 0.408 e. The Morgan fingerprint density at radius 3 is 1.12 bits per heavy atom. The Morgan fingerprint density at radius 2 is 0.792 bits per heavy atom. The standard InChI is InChI=1S/C31H28N8O3.C31H34N4O5.C26H26N4O3.C5H3ClN4/c1-3-23(37-28-22(16-32)27(33)35-18-36-28)29-38-25-11-7-10-24(26(25)30(40)39(29)21-8-5-4-6-9-21)34-17-19-12-14-20(15-13-19)31(41)42-2;1-6-23(34-30(38)40-31(2,3)4)27-33-25-14-10-13-24(26(25)28(36)35(27)22-11-8-7-9-12-22)32-19-20-15-17-21(18-16-20)29(37)39-5;1-3-20(27)24-29-22-11-7-10-21(23(22)25(31)30(24)19-8-5-4-6-9-19)28-16-17-12-14-18(15-13-17)26(32)33-2;6-4-3(1-7)5(8)10-2-9-4/h4-15,18,23,34H,3,17H2,1-2H3,(H3,33,35,36,37);7-18,23,32H,6,19H2,1-5H3,(H,34,38);4-15,20,28H,3,16,27H2,1-2H3;2H,(H2,8,9,10)/t2*23-;20-;/m000./s1. The number of nitrogen functional groups attached to an aromatic ring is 2. The number of ether oxygens (including phenoxy) is 4. The van der Waals surface area contributed by atoms with Crippen LogP contribution in [0.15, 0.2) is 245 Å². The van der Waals surface area contributed by atoms with Gasteiger partial charge in [0.2, 0.25) is 0 Å². The van der Waals surface area contributed by atoms with Crippen LogP contribution in [0.4, 0.5) is 39.3 Å². The minimum Gasteiger partial charge on any atom is -0.465 e. The summed E-state index contributed by atoms with van der Waals surface area (Å²) in [5.74, 6) is 0.663. The largest absolute Gasteiger partial charge is 0.465 e. The molecule has 0 bridgehead atoms. The number of alkyl carbamates (subject to hydrolysis) is 1. The molecule has 0 unspecified atom stereocenters. The van der Waals surface area contributed by atoms with Gasteiger partial charge in [-0.15, -0.1) is 0 Å². The second kappa shape index (κ2) is 42.0. The summed E-state index contributed by atoms with van der Waals surface area (Å²) in [6.45, 7) is 12.5. The first-order chi connectivity index (χ1) is 60.3. The number of hydrogen-bond acceptors (Lipinski definition) is 27. The molecule has 0 aliphatic carbocycles. The molecule has 0 saturated heterocycles. The quantitative estimate of drug-likeness (QED) is 0.0158. The van der Waals surface area contributed by atoms with Gasteiger partial charge in [0.05, 0.1) is 106 Å². The van der Waals surface area contributed by atoms with E-state index in [4.69, 9.17) is 68.0 Å². The van der Waals surface area contributed by atoms with Crippen molar-refractivity contribution in [3.05, 3.63) is 329 Å². The number of benzene rings is 9. The second-order valence-electron chi connectivity index (χ2n) is 28.9. The van der Waals surface area contributed by atoms with Gasteiger partial charge < -0.3 is 62.7 Å². The number of nitrogens with zero attached hydrogens (tertiary/aromatic N) is 12. The molecule has 125 heavy (non-hydrogen) atoms. The van der Waals surface area contributed by atoms with E-state index in [1.807, 2.05) is 197 Å². The fourth-order valence-corrected chi connectivity index (χ4v) is 13.4. The molecule has 31 nitrogen and oxygen atoms in total. The molecule has 5 aromatic heterocycles. The molecule has 1 amide bonds. The molecular weight excluding hydrogens is 1610 g/mol. The Hall–Kier alpha value is -15.7. The molecule has 9 aromatic carbocycles. The third kappa shape index (κ3) is 21.9. The zero-order valence-corrected chi connectivity index (χ0v) is 70.6. The van der Waals surface area contributed by atoms with E-state index < -0.39 is 35.7 Å². The van der Waals surface area contributed by atoms with Crippen LogP contribution >= 0.6 is 11.6 Å². The van der Waals surface area contributed by atoms with Crippen LogP contribution in [0, 0.1) is 22.7 Å². The van der Waals surface area contributed by atoms with Gasteiger partial charge in [0.15, 0.2) is 5.15 Å². The zero-order chi connectivity index (χ0) is 89.4. The number of halogens is 1. The van der Waals surface area contributed by atoms with Gasteiger partial charge in [-0.05, 0) is 166 Å². The number of nitriles is 2. The zero-order valence-electron chi connectivity index (χ0n) is 69.9. The maximum atomic E-state index is 14.3. The first-order valence-corrected chi connectivity index (χ1v) is 40.0. The van der Waals surface area contributed by atoms with Crippen molar-refractivity contribution in [3.63, 3.8) is 0 Å². The molecule has 0 saturated carbocycles. The molecule has 32 heteroatoms. The summed E-state index contributed by atoms with van der Waals surface area (Å²) in [5, 5.41) is 35.7. The van der Waals surface area contributed by atoms with Gasteiger partial charge in [-0.1, -0.05) is 142 Å². The Bertz CT molecular complexity index is 6470. The van der Waals surface area contributed by atoms with E-state index in [0.717, 1.165) is 22.4 Å². The van der Waals surface area contributed by atoms with E-state index in [9.17, 15) is 38.8 Å². The molecule has 0 aliphatic heterocycles. The lowest BCUT2D eigenvalue weighted by molar-refractivity contribution is 0.0496. The van der Waals surface area contributed by atoms with Crippen molar-refractivity contribution in [1.29, 1.82) is 10.5 Å². The number of rotatable bonds is 24. The van der Waals surface area contributed by atoms with Gasteiger partial charge in [-0.2, -0.15) is 10.5 Å². The van der Waals surface area contributed by atoms with Crippen LogP contribution in [0.5, 0.6) is 0 Å². The van der Waals surface area contributed by atoms with Gasteiger partial charge in [-0.25, -0.2) is 54.1 Å². The molecule has 636 valence electrons. The average Bonchev–Trinajstić information content (AvgIpc) is 0.765. The number of hydrogen-bond donors (Lipinski definition) is 8. The van der Waals surface area contributed by atoms with E-state index >= 15 is 0 Å². The predicted octanol–water partition coefficient (Wildman–Crippen LogP) is 15.1. The van der Waals surface area contributed by atoms with Gasteiger partial charge in [-0.3, -0.25) is 28.1 Å². The van der Waals surface area contributed by atoms with Gasteiger partial charge in [0.1, 0.15) is 76.4 Å². The minimum absolute atomic E-state index is 0.0624. The van der Waals surface area contributed by atoms with E-state index in [-0.39, 0.29) is 62.4 Å². The highest BCUT2D eigenvalue weighted by atomic mass is 35.5. The van der Waals surface area contributed by atoms with Crippen LogP contribution in [0.2, 0.25) is 5.15 Å². The number of amides is 1. The number of anilines is 6. The van der Waals surface area contributed by atoms with Crippen LogP contribution in [-0.4, -0.2) is 99.5 Å². The lowest BCUT2D eigenvalue weighted by Gasteiger charge is -2.25. The topological polar surface area (TPSA) is 447 Å². The number of para-hydroxylation sites is 3. The highest BCUT2D eigenvalue weighted by Crippen LogP contribution is 2.32. The van der Waals surface area contributed by atoms with Crippen molar-refractivity contribution >= 4 is 103 Å². The Balaban J connectivity index is 0.000000173. The van der Waals surface area contributed by atoms with E-state index in [1.165, 1.54) is 34.0 Å². The molecule has 0 aliphatic rings. The van der Waals surface area contributed by atoms with Crippen LogP contribution in [0.1, 0.15) is 155 Å². The monoisotopic (exact) mass is 1700 g/mol. The molecule has 0 fully saturated rings. The van der Waals surface area contributed by atoms with E-state index in [1.54, 1.807) is 89.1 Å². The Morgan fingerprint density at radius 1 is 0.448 bits per heavy atom. The van der Waals surface area contributed by atoms with Crippen molar-refractivity contribution in [1.82, 2.24) is 53.9 Å². The third-order valence-electron chi connectivity index (χ3n) is 19.5. The number of fused-ring (bicyclic) bond motifs is 3. The van der Waals surface area contributed by atoms with Crippen LogP contribution in [0.25, 0.3) is 49.8 Å². The summed E-state index contributed by atoms with van der Waals surface area (Å²) in [4.78, 5) is 120. The van der Waals surface area contributed by atoms with Gasteiger partial charge in [0.25, 0.3) is 16.7 Å². The number of aromatic nitrogens is 10. The first kappa shape index (κ1) is 90.0. The predicted molar refractivity (Wildman–Crippen MR) is 481 cm³/mol. The van der Waals surface area contributed by atoms with E-state index in [0.29, 0.717) is 134 Å². The summed E-state index contributed by atoms with van der Waals surface area (Å²) in [5.41, 5.74) is 26.2. The number of carbonyl (C=O) groups is 4. The summed E-state index contributed by atoms with van der Waals surface area (Å²) >= 11 is 5.48. The molecule has 14 rings (SSSR count). The van der Waals surface area contributed by atoms with Crippen LogP contribution < -0.4 is 60.5 Å². The van der Waals surface area contributed by atoms with Crippen molar-refractivity contribution in [2.45, 2.75) is 104 Å². The number of carbonyl (C=O) groups excluding carboxylic acids is 4. The molecule has 14 aromatic rings. The van der Waals surface area contributed by atoms with Crippen molar-refractivity contribution in [2.24, 2.45) is 5.73 Å². The van der Waals surface area contributed by atoms with Crippen molar-refractivity contribution in [2.75, 3.05) is 54.1 Å². The summed E-state index contributed by atoms with van der Waals surface area (Å²) in [6.07, 6.45) is 3.58. The average molecular weight is 1700 g/mol. The highest BCUT2D eigenvalue weighted by molar-refractivity contribution is 6.30. The minimum atomic E-state index is -0.668. The number of nitrogens with two attached hydrogens (primary N) is 3. The maximum absolute atomic E-state index is 14.3. The molecular formula is C93H91ClN20O11. The molecule has 3 atom stereocenters. The van der Waals surface area contributed by atoms with Gasteiger partial charge >= 0.3 is 24.0 Å². The Kier molecular flexibility index (Phi) is 30.2. The summed E-state index contributed by atoms with van der Waals surface area (Å²) < 4.78 is 24.5. The SMILES string of the molecule is CC[C@H](N)c1nc2cccc(NCc3ccc(C(=O)OC)cc3)c2c(=O)n1-c1ccccc1.CC[C@H](NC(=O)OC(C)(C)C)c1nc2cccc(NCc3ccc(C(=O)OC)cc3)c2c(=O)n1-c1ccccc1.CC[C@H](Nc1ncnc(N)c1C#N)c1nc2cccc(NCc3ccc(C(=O)OC)cc3)c2c(=O)n1-c1ccccc1.N#Cc1c(N)ncnc1Cl. The Labute approximate surface area is 723 Å². The van der Waals surface area contributed by atoms with Crippen molar-refractivity contribution in [3.8, 4) is 29.2 Å². The fraction of sp³-hybridized carbons (Fsp3) is 0.204. The number of esters is 3. The molecule has 0 spiro atoms. The van der Waals surface area contributed by atoms with Crippen molar-refractivity contribution < 1.29 is 38.1 Å². The highest BCUT2D eigenvalue weighted by Gasteiger charge is 2.28. The smallest absolute Gasteiger partial charge is 0.408 e. The van der Waals surface area contributed by atoms with Gasteiger partial charge in [0, 0.05) is 36.7 Å². The molecule has 0 radical (unpaired) electrons. The normalized spacial score (nSPS) is 11.5. The van der Waals surface area contributed by atoms with Crippen LogP contribution in [0.3, 0.4) is 0 Å². The third-order valence-corrected chi connectivity index (χ3v) is 19.8. The fourth-order valence-electron chi connectivity index (χ4n) is 13.2. The number of methoxy groups -OCH3 is 3. The lowest BCUT2D eigenvalue weighted by Crippen LogP contribution is -2.37. The summed E-state index contributed by atoms with van der Waals surface area (Å²) in [7, 11) is 4.04. The second-order valence-corrected chi connectivity index (χ2v) is 29.3.